The van der Waals surface area contributed by atoms with Crippen molar-refractivity contribution in [1.29, 1.82) is 0 Å². The van der Waals surface area contributed by atoms with Gasteiger partial charge < -0.3 is 11.1 Å². The summed E-state index contributed by atoms with van der Waals surface area (Å²) in [5, 5.41) is 3.46. The third-order valence-corrected chi connectivity index (χ3v) is 4.62. The third-order valence-electron chi connectivity index (χ3n) is 3.54. The van der Waals surface area contributed by atoms with E-state index in [9.17, 15) is 4.79 Å². The van der Waals surface area contributed by atoms with Crippen molar-refractivity contribution >= 4 is 22.4 Å². The first-order chi connectivity index (χ1) is 10.5. The van der Waals surface area contributed by atoms with Gasteiger partial charge in [-0.25, -0.2) is 4.98 Å². The molecule has 0 spiro atoms. The van der Waals surface area contributed by atoms with Crippen LogP contribution in [0.4, 0.5) is 5.13 Å². The second kappa shape index (κ2) is 7.51. The molecule has 1 aromatic carbocycles. The average molecular weight is 317 g/mol. The smallest absolute Gasteiger partial charge is 0.243 e. The average Bonchev–Trinajstić information content (AvgIpc) is 2.81. The lowest BCUT2D eigenvalue weighted by Gasteiger charge is -2.08. The van der Waals surface area contributed by atoms with Crippen LogP contribution in [0, 0.1) is 13.8 Å². The summed E-state index contributed by atoms with van der Waals surface area (Å²) in [5.74, 6) is -0.155. The second-order valence-electron chi connectivity index (χ2n) is 5.57. The number of hydrogen-bond donors (Lipinski definition) is 2. The number of benzene rings is 1. The standard InChI is InChI=1S/C17H23N3OS/c1-4-5-14(18)16(21)20-17-19-12(3)15(22-17)10-13-8-6-11(2)7-9-13/h6-9,14H,4-5,10,18H2,1-3H3,(H,19,20,21). The summed E-state index contributed by atoms with van der Waals surface area (Å²) >= 11 is 1.52. The van der Waals surface area contributed by atoms with Crippen LogP contribution in [0.2, 0.25) is 0 Å². The number of carbonyl (C=O) groups excluding carboxylic acids is 1. The SMILES string of the molecule is CCCC(N)C(=O)Nc1nc(C)c(Cc2ccc(C)cc2)s1. The van der Waals surface area contributed by atoms with E-state index in [1.807, 2.05) is 13.8 Å². The molecule has 1 amide bonds. The van der Waals surface area contributed by atoms with Gasteiger partial charge in [0.25, 0.3) is 0 Å². The molecule has 0 aliphatic carbocycles. The molecule has 0 saturated carbocycles. The summed E-state index contributed by atoms with van der Waals surface area (Å²) in [7, 11) is 0. The number of amides is 1. The highest BCUT2D eigenvalue weighted by molar-refractivity contribution is 7.15. The number of rotatable bonds is 6. The second-order valence-corrected chi connectivity index (χ2v) is 6.66. The molecular formula is C17H23N3OS. The van der Waals surface area contributed by atoms with Crippen molar-refractivity contribution < 1.29 is 4.79 Å². The number of thiazole rings is 1. The molecular weight excluding hydrogens is 294 g/mol. The van der Waals surface area contributed by atoms with Crippen LogP contribution in [-0.4, -0.2) is 16.9 Å². The molecule has 0 aliphatic rings. The van der Waals surface area contributed by atoms with Crippen molar-refractivity contribution in [2.45, 2.75) is 46.1 Å². The number of nitrogens with one attached hydrogen (secondary N) is 1. The summed E-state index contributed by atoms with van der Waals surface area (Å²) in [6, 6.07) is 8.01. The molecule has 2 aromatic rings. The quantitative estimate of drug-likeness (QED) is 0.858. The van der Waals surface area contributed by atoms with Gasteiger partial charge in [-0.1, -0.05) is 43.2 Å². The van der Waals surface area contributed by atoms with Crippen molar-refractivity contribution in [3.8, 4) is 0 Å². The van der Waals surface area contributed by atoms with Crippen molar-refractivity contribution in [1.82, 2.24) is 4.98 Å². The van der Waals surface area contributed by atoms with E-state index in [2.05, 4.69) is 41.5 Å². The maximum Gasteiger partial charge on any atom is 0.243 e. The topological polar surface area (TPSA) is 68.0 Å². The van der Waals surface area contributed by atoms with Crippen molar-refractivity contribution in [2.24, 2.45) is 5.73 Å². The van der Waals surface area contributed by atoms with Gasteiger partial charge >= 0.3 is 0 Å². The highest BCUT2D eigenvalue weighted by Crippen LogP contribution is 2.25. The van der Waals surface area contributed by atoms with E-state index in [1.165, 1.54) is 27.3 Å². The van der Waals surface area contributed by atoms with Gasteiger partial charge in [0.05, 0.1) is 11.7 Å². The fourth-order valence-electron chi connectivity index (χ4n) is 2.18. The Hall–Kier alpha value is -1.72. The van der Waals surface area contributed by atoms with E-state index in [-0.39, 0.29) is 5.91 Å². The number of hydrogen-bond acceptors (Lipinski definition) is 4. The van der Waals surface area contributed by atoms with Crippen LogP contribution in [0.1, 0.15) is 41.5 Å². The van der Waals surface area contributed by atoms with Gasteiger partial charge in [-0.15, -0.1) is 11.3 Å². The van der Waals surface area contributed by atoms with Gasteiger partial charge in [-0.05, 0) is 25.8 Å². The van der Waals surface area contributed by atoms with Gasteiger partial charge in [-0.3, -0.25) is 4.79 Å². The van der Waals surface area contributed by atoms with Crippen molar-refractivity contribution in [2.75, 3.05) is 5.32 Å². The predicted octanol–water partition coefficient (Wildman–Crippen LogP) is 3.42. The van der Waals surface area contributed by atoms with Gasteiger partial charge in [0.15, 0.2) is 5.13 Å². The van der Waals surface area contributed by atoms with Crippen LogP contribution < -0.4 is 11.1 Å². The minimum Gasteiger partial charge on any atom is -0.320 e. The van der Waals surface area contributed by atoms with Crippen molar-refractivity contribution in [3.05, 3.63) is 46.0 Å². The van der Waals surface area contributed by atoms with Crippen LogP contribution in [-0.2, 0) is 11.2 Å². The van der Waals surface area contributed by atoms with Crippen LogP contribution in [0.25, 0.3) is 0 Å². The Morgan fingerprint density at radius 1 is 1.32 bits per heavy atom. The number of carbonyl (C=O) groups is 1. The summed E-state index contributed by atoms with van der Waals surface area (Å²) in [4.78, 5) is 17.6. The number of nitrogens with two attached hydrogens (primary N) is 1. The highest BCUT2D eigenvalue weighted by atomic mass is 32.1. The monoisotopic (exact) mass is 317 g/mol. The fraction of sp³-hybridized carbons (Fsp3) is 0.412. The zero-order valence-corrected chi connectivity index (χ0v) is 14.2. The molecule has 118 valence electrons. The minimum absolute atomic E-state index is 0.155. The summed E-state index contributed by atoms with van der Waals surface area (Å²) in [6.45, 7) is 6.07. The molecule has 1 aromatic heterocycles. The third kappa shape index (κ3) is 4.39. The molecule has 0 saturated heterocycles. The van der Waals surface area contributed by atoms with Gasteiger partial charge in [0, 0.05) is 11.3 Å². The lowest BCUT2D eigenvalue weighted by Crippen LogP contribution is -2.35. The van der Waals surface area contributed by atoms with E-state index in [4.69, 9.17) is 5.73 Å². The van der Waals surface area contributed by atoms with Crippen LogP contribution >= 0.6 is 11.3 Å². The molecule has 0 radical (unpaired) electrons. The van der Waals surface area contributed by atoms with Gasteiger partial charge in [0.1, 0.15) is 0 Å². The Morgan fingerprint density at radius 2 is 2.00 bits per heavy atom. The molecule has 22 heavy (non-hydrogen) atoms. The molecule has 0 aliphatic heterocycles. The van der Waals surface area contributed by atoms with E-state index >= 15 is 0 Å². The number of aryl methyl sites for hydroxylation is 2. The molecule has 1 atom stereocenters. The maximum atomic E-state index is 11.9. The lowest BCUT2D eigenvalue weighted by atomic mass is 10.1. The van der Waals surface area contributed by atoms with E-state index < -0.39 is 6.04 Å². The van der Waals surface area contributed by atoms with Crippen LogP contribution in [0.3, 0.4) is 0 Å². The van der Waals surface area contributed by atoms with Crippen molar-refractivity contribution in [3.63, 3.8) is 0 Å². The molecule has 1 heterocycles. The summed E-state index contributed by atoms with van der Waals surface area (Å²) < 4.78 is 0. The number of anilines is 1. The van der Waals surface area contributed by atoms with Crippen LogP contribution in [0.5, 0.6) is 0 Å². The maximum absolute atomic E-state index is 11.9. The highest BCUT2D eigenvalue weighted by Gasteiger charge is 2.15. The molecule has 5 heteroatoms. The summed E-state index contributed by atoms with van der Waals surface area (Å²) in [6.07, 6.45) is 2.41. The molecule has 2 rings (SSSR count). The molecule has 1 unspecified atom stereocenters. The Balaban J connectivity index is 2.04. The first kappa shape index (κ1) is 16.6. The molecule has 4 nitrogen and oxygen atoms in total. The normalized spacial score (nSPS) is 12.2. The van der Waals surface area contributed by atoms with Gasteiger partial charge in [-0.2, -0.15) is 0 Å². The van der Waals surface area contributed by atoms with E-state index in [0.29, 0.717) is 11.6 Å². The summed E-state index contributed by atoms with van der Waals surface area (Å²) in [5.41, 5.74) is 9.29. The molecule has 0 fully saturated rings. The predicted molar refractivity (Wildman–Crippen MR) is 92.3 cm³/mol. The largest absolute Gasteiger partial charge is 0.320 e. The zero-order valence-electron chi connectivity index (χ0n) is 13.3. The fourth-order valence-corrected chi connectivity index (χ4v) is 3.18. The Bertz CT molecular complexity index is 634. The van der Waals surface area contributed by atoms with Crippen LogP contribution in [0.15, 0.2) is 24.3 Å². The minimum atomic E-state index is -0.463. The lowest BCUT2D eigenvalue weighted by molar-refractivity contribution is -0.117. The Labute approximate surface area is 135 Å². The number of aromatic nitrogens is 1. The van der Waals surface area contributed by atoms with Gasteiger partial charge in [0.2, 0.25) is 5.91 Å². The van der Waals surface area contributed by atoms with E-state index in [1.54, 1.807) is 0 Å². The Kier molecular flexibility index (Phi) is 5.69. The Morgan fingerprint density at radius 3 is 2.64 bits per heavy atom. The molecule has 0 bridgehead atoms. The zero-order chi connectivity index (χ0) is 16.1. The first-order valence-corrected chi connectivity index (χ1v) is 8.39. The van der Waals surface area contributed by atoms with E-state index in [0.717, 1.165) is 18.5 Å². The number of nitrogens with zero attached hydrogens (tertiary/aromatic N) is 1. The molecule has 3 N–H and O–H groups in total. The first-order valence-electron chi connectivity index (χ1n) is 7.58.